The predicted octanol–water partition coefficient (Wildman–Crippen LogP) is 3.96. The summed E-state index contributed by atoms with van der Waals surface area (Å²) in [4.78, 5) is 0. The maximum absolute atomic E-state index is 2.99. The van der Waals surface area contributed by atoms with E-state index >= 15 is 0 Å². The Bertz CT molecular complexity index is 824. The van der Waals surface area contributed by atoms with Gasteiger partial charge in [0.15, 0.2) is 0 Å². The van der Waals surface area contributed by atoms with Crippen LogP contribution in [-0.4, -0.2) is 16.1 Å². The van der Waals surface area contributed by atoms with Gasteiger partial charge in [-0.2, -0.15) is 12.2 Å². The molecule has 6 heteroatoms. The van der Waals surface area contributed by atoms with Crippen molar-refractivity contribution < 1.29 is 68.2 Å². The molecule has 2 saturated heterocycles. The Balaban J connectivity index is 0. The zero-order valence-electron chi connectivity index (χ0n) is 24.0. The molecular weight excluding hydrogens is 607 g/mol. The first-order valence-corrected chi connectivity index (χ1v) is 19.0. The summed E-state index contributed by atoms with van der Waals surface area (Å²) < 4.78 is 0. The van der Waals surface area contributed by atoms with Crippen LogP contribution in [0.2, 0.25) is 36.3 Å². The summed E-state index contributed by atoms with van der Waals surface area (Å²) in [7, 11) is -1.63. The van der Waals surface area contributed by atoms with Crippen LogP contribution in [0.15, 0.2) is 82.3 Å². The van der Waals surface area contributed by atoms with Gasteiger partial charge in [0.25, 0.3) is 0 Å². The van der Waals surface area contributed by atoms with Crippen molar-refractivity contribution >= 4 is 16.1 Å². The zero-order valence-corrected chi connectivity index (χ0v) is 30.6. The molecule has 0 amide bonds. The van der Waals surface area contributed by atoms with Crippen molar-refractivity contribution in [2.45, 2.75) is 102 Å². The molecule has 0 atom stereocenters. The number of rotatable bonds is 4. The molecule has 4 aliphatic carbocycles. The molecule has 0 aromatic rings. The van der Waals surface area contributed by atoms with E-state index in [1.165, 1.54) is 48.9 Å². The summed E-state index contributed by atoms with van der Waals surface area (Å²) in [6.45, 7) is 9.28. The largest absolute Gasteiger partial charge is 1.00 e. The van der Waals surface area contributed by atoms with Gasteiger partial charge < -0.3 is 24.8 Å². The van der Waals surface area contributed by atoms with Crippen LogP contribution in [0, 0.1) is 12.2 Å². The molecule has 0 unspecified atom stereocenters. The van der Waals surface area contributed by atoms with E-state index < -0.39 is 16.1 Å². The minimum atomic E-state index is -0.816. The molecule has 0 nitrogen and oxygen atoms in total. The minimum Gasteiger partial charge on any atom is -1.00 e. The van der Waals surface area contributed by atoms with Gasteiger partial charge in [-0.15, -0.1) is 12.8 Å². The first-order valence-electron chi connectivity index (χ1n) is 13.7. The predicted molar refractivity (Wildman–Crippen MR) is 157 cm³/mol. The summed E-state index contributed by atoms with van der Waals surface area (Å²) in [5.74, 6) is 0. The summed E-state index contributed by atoms with van der Waals surface area (Å²) in [5, 5.41) is 3.71. The molecule has 38 heavy (non-hydrogen) atoms. The molecule has 6 aliphatic rings. The van der Waals surface area contributed by atoms with Crippen molar-refractivity contribution in [1.29, 1.82) is 0 Å². The van der Waals surface area contributed by atoms with E-state index in [1.54, 1.807) is 24.2 Å². The van der Waals surface area contributed by atoms with E-state index in [-0.39, 0.29) is 68.2 Å². The van der Waals surface area contributed by atoms with Crippen molar-refractivity contribution in [3.63, 3.8) is 0 Å². The van der Waals surface area contributed by atoms with Crippen LogP contribution in [0.5, 0.6) is 0 Å². The van der Waals surface area contributed by atoms with Crippen LogP contribution in [0.4, 0.5) is 0 Å². The molecule has 2 fully saturated rings. The molecule has 2 aliphatic heterocycles. The van der Waals surface area contributed by atoms with E-state index in [1.807, 2.05) is 34.7 Å². The molecule has 0 saturated carbocycles. The van der Waals surface area contributed by atoms with Gasteiger partial charge in [-0.25, -0.2) is 24.3 Å². The smallest absolute Gasteiger partial charge is 0.0816 e. The van der Waals surface area contributed by atoms with E-state index in [0.29, 0.717) is 0 Å². The molecule has 6 rings (SSSR count). The van der Waals surface area contributed by atoms with Crippen LogP contribution in [0.3, 0.4) is 0 Å². The summed E-state index contributed by atoms with van der Waals surface area (Å²) >= 11 is 0. The monoisotopic (exact) mass is 652 g/mol. The second-order valence-corrected chi connectivity index (χ2v) is 20.4. The molecule has 0 aromatic carbocycles. The van der Waals surface area contributed by atoms with Gasteiger partial charge in [0.2, 0.25) is 0 Å². The van der Waals surface area contributed by atoms with Gasteiger partial charge in [0.1, 0.15) is 0 Å². The molecule has 0 bridgehead atoms. The zero-order chi connectivity index (χ0) is 24.3. The van der Waals surface area contributed by atoms with E-state index in [0.717, 1.165) is 12.8 Å². The van der Waals surface area contributed by atoms with Gasteiger partial charge in [-0.3, -0.25) is 12.2 Å². The van der Waals surface area contributed by atoms with Crippen molar-refractivity contribution in [2.24, 2.45) is 0 Å². The number of allylic oxidation sites excluding steroid dienone is 16. The van der Waals surface area contributed by atoms with Crippen molar-refractivity contribution in [3.8, 4) is 0 Å². The summed E-state index contributed by atoms with van der Waals surface area (Å²) in [6, 6.07) is 9.29. The SMILES string of the molecule is CC[Si]1(C2=CC(C)=CC2)CCC1.CC[Si]1(C2=CC(C)=CC2)CCC1.[C-]1=CC=CC1.[C-]1=CC=CC1.[Cl-].[Cl-].[Ti].[Ti]. The third kappa shape index (κ3) is 11.7. The summed E-state index contributed by atoms with van der Waals surface area (Å²) in [5.41, 5.74) is 3.02. The maximum Gasteiger partial charge on any atom is 0.0816 e. The second kappa shape index (κ2) is 21.1. The quantitative estimate of drug-likeness (QED) is 0.319. The number of halogens is 2. The molecule has 2 heterocycles. The van der Waals surface area contributed by atoms with Crippen LogP contribution in [0.25, 0.3) is 0 Å². The molecule has 208 valence electrons. The van der Waals surface area contributed by atoms with Crippen LogP contribution < -0.4 is 24.8 Å². The molecule has 0 spiro atoms. The molecular formula is C32H46Cl2Si2Ti2-4. The number of hydrogen-bond acceptors (Lipinski definition) is 0. The Labute approximate surface area is 279 Å². The van der Waals surface area contributed by atoms with Crippen LogP contribution in [0.1, 0.15) is 66.2 Å². The fourth-order valence-corrected chi connectivity index (χ4v) is 13.9. The topological polar surface area (TPSA) is 0 Å². The Morgan fingerprint density at radius 3 is 1.16 bits per heavy atom. The first-order chi connectivity index (χ1) is 16.5. The van der Waals surface area contributed by atoms with Gasteiger partial charge in [0.05, 0.1) is 16.1 Å². The van der Waals surface area contributed by atoms with E-state index in [2.05, 4.69) is 76.3 Å². The third-order valence-electron chi connectivity index (χ3n) is 8.60. The summed E-state index contributed by atoms with van der Waals surface area (Å²) in [6.07, 6.45) is 35.4. The van der Waals surface area contributed by atoms with Gasteiger partial charge in [-0.1, -0.05) is 109 Å². The average molecular weight is 654 g/mol. The number of hydrogen-bond donors (Lipinski definition) is 0. The van der Waals surface area contributed by atoms with Crippen molar-refractivity contribution in [3.05, 3.63) is 94.5 Å². The molecule has 0 N–H and O–H groups in total. The minimum absolute atomic E-state index is 0. The normalized spacial score (nSPS) is 21.2. The van der Waals surface area contributed by atoms with E-state index in [4.69, 9.17) is 0 Å². The van der Waals surface area contributed by atoms with Gasteiger partial charge in [-0.05, 0) is 26.7 Å². The Morgan fingerprint density at radius 2 is 1.03 bits per heavy atom. The Hall–Kier alpha value is 0.362. The Kier molecular flexibility index (Phi) is 22.5. The third-order valence-corrected chi connectivity index (χ3v) is 20.0. The standard InChI is InChI=1S/2C11H18Si.2C5H5.2ClH.2Ti/c2*1-3-12(7-4-8-12)11-6-5-10(2)9-11;2*1-2-4-5-3-1;;;;/h2*5,9H,3-4,6-8H2,1-2H3;2*1-3H,4H2;2*1H;;/q;;2*-1;;;;/p-2. The molecule has 0 aromatic heterocycles. The maximum atomic E-state index is 2.99. The van der Waals surface area contributed by atoms with Crippen molar-refractivity contribution in [2.75, 3.05) is 0 Å². The van der Waals surface area contributed by atoms with Crippen LogP contribution >= 0.6 is 0 Å². The van der Waals surface area contributed by atoms with Gasteiger partial charge >= 0.3 is 0 Å². The first kappa shape index (κ1) is 40.5. The molecule has 0 radical (unpaired) electrons. The Morgan fingerprint density at radius 1 is 0.658 bits per heavy atom. The average Bonchev–Trinajstić information content (AvgIpc) is 3.59. The fourth-order valence-electron chi connectivity index (χ4n) is 5.76. The van der Waals surface area contributed by atoms with Crippen LogP contribution in [-0.2, 0) is 43.4 Å². The van der Waals surface area contributed by atoms with Crippen molar-refractivity contribution in [1.82, 2.24) is 0 Å². The second-order valence-electron chi connectivity index (χ2n) is 10.6. The van der Waals surface area contributed by atoms with E-state index in [9.17, 15) is 0 Å². The van der Waals surface area contributed by atoms with Gasteiger partial charge in [0, 0.05) is 43.4 Å². The fraction of sp³-hybridized carbons (Fsp3) is 0.500.